The Balaban J connectivity index is 1.37. The molecule has 3 aromatic rings. The first-order chi connectivity index (χ1) is 14.0. The standard InChI is InChI=1S/C21H19F3N4O/c22-15-1-3-16(4-2-15)28-13-25-11-20(28)21(29)26-10-14-7-8-27(12-14)17-5-6-18(23)19(24)9-17/h1-6,9,11,13-14H,7-8,10,12H2,(H,26,29). The summed E-state index contributed by atoms with van der Waals surface area (Å²) in [6, 6.07) is 9.66. The number of nitrogens with zero attached hydrogens (tertiary/aromatic N) is 3. The maximum absolute atomic E-state index is 13.5. The fourth-order valence-corrected chi connectivity index (χ4v) is 3.51. The Hall–Kier alpha value is -3.29. The molecule has 4 rings (SSSR count). The van der Waals surface area contributed by atoms with Crippen LogP contribution < -0.4 is 10.2 Å². The fourth-order valence-electron chi connectivity index (χ4n) is 3.51. The van der Waals surface area contributed by atoms with Crippen molar-refractivity contribution in [2.45, 2.75) is 6.42 Å². The van der Waals surface area contributed by atoms with Crippen LogP contribution >= 0.6 is 0 Å². The normalized spacial score (nSPS) is 16.2. The average Bonchev–Trinajstić information content (AvgIpc) is 3.38. The SMILES string of the molecule is O=C(NCC1CCN(c2ccc(F)c(F)c2)C1)c1cncn1-c1ccc(F)cc1. The van der Waals surface area contributed by atoms with Gasteiger partial charge < -0.3 is 10.2 Å². The Morgan fingerprint density at radius 2 is 1.83 bits per heavy atom. The third kappa shape index (κ3) is 4.11. The van der Waals surface area contributed by atoms with E-state index in [2.05, 4.69) is 10.3 Å². The molecule has 0 radical (unpaired) electrons. The van der Waals surface area contributed by atoms with Gasteiger partial charge in [0.15, 0.2) is 11.6 Å². The number of amides is 1. The molecule has 150 valence electrons. The van der Waals surface area contributed by atoms with Gasteiger partial charge in [0.2, 0.25) is 0 Å². The molecular formula is C21H19F3N4O. The van der Waals surface area contributed by atoms with Crippen LogP contribution in [0.1, 0.15) is 16.9 Å². The maximum atomic E-state index is 13.5. The second kappa shape index (κ2) is 7.98. The Kier molecular flexibility index (Phi) is 5.24. The minimum atomic E-state index is -0.867. The molecular weight excluding hydrogens is 381 g/mol. The summed E-state index contributed by atoms with van der Waals surface area (Å²) in [5, 5.41) is 2.91. The van der Waals surface area contributed by atoms with Crippen molar-refractivity contribution in [1.29, 1.82) is 0 Å². The number of aromatic nitrogens is 2. The van der Waals surface area contributed by atoms with E-state index in [1.165, 1.54) is 30.7 Å². The van der Waals surface area contributed by atoms with Crippen LogP contribution in [0.15, 0.2) is 55.0 Å². The zero-order valence-electron chi connectivity index (χ0n) is 15.5. The number of carbonyl (C=O) groups excluding carboxylic acids is 1. The van der Waals surface area contributed by atoms with Crippen LogP contribution in [0.4, 0.5) is 18.9 Å². The van der Waals surface area contributed by atoms with Gasteiger partial charge in [-0.05, 0) is 48.7 Å². The minimum Gasteiger partial charge on any atom is -0.371 e. The smallest absolute Gasteiger partial charge is 0.269 e. The largest absolute Gasteiger partial charge is 0.371 e. The first kappa shape index (κ1) is 19.0. The van der Waals surface area contributed by atoms with Gasteiger partial charge in [-0.3, -0.25) is 9.36 Å². The second-order valence-corrected chi connectivity index (χ2v) is 7.03. The first-order valence-electron chi connectivity index (χ1n) is 9.28. The number of halogens is 3. The molecule has 2 heterocycles. The number of anilines is 1. The predicted molar refractivity (Wildman–Crippen MR) is 103 cm³/mol. The molecule has 8 heteroatoms. The van der Waals surface area contributed by atoms with Gasteiger partial charge in [-0.2, -0.15) is 0 Å². The highest BCUT2D eigenvalue weighted by molar-refractivity contribution is 5.93. The highest BCUT2D eigenvalue weighted by Gasteiger charge is 2.24. The molecule has 1 aromatic heterocycles. The lowest BCUT2D eigenvalue weighted by atomic mass is 10.1. The molecule has 1 saturated heterocycles. The van der Waals surface area contributed by atoms with E-state index in [4.69, 9.17) is 0 Å². The Labute approximate surface area is 165 Å². The number of imidazole rings is 1. The van der Waals surface area contributed by atoms with E-state index in [-0.39, 0.29) is 17.6 Å². The van der Waals surface area contributed by atoms with Gasteiger partial charge in [-0.15, -0.1) is 0 Å². The molecule has 0 bridgehead atoms. The summed E-state index contributed by atoms with van der Waals surface area (Å²) in [7, 11) is 0. The van der Waals surface area contributed by atoms with Crippen molar-refractivity contribution < 1.29 is 18.0 Å². The van der Waals surface area contributed by atoms with E-state index in [0.717, 1.165) is 12.5 Å². The second-order valence-electron chi connectivity index (χ2n) is 7.03. The number of benzene rings is 2. The molecule has 0 aliphatic carbocycles. The van der Waals surface area contributed by atoms with Gasteiger partial charge in [-0.1, -0.05) is 0 Å². The first-order valence-corrected chi connectivity index (χ1v) is 9.28. The lowest BCUT2D eigenvalue weighted by Crippen LogP contribution is -2.32. The fraction of sp³-hybridized carbons (Fsp3) is 0.238. The summed E-state index contributed by atoms with van der Waals surface area (Å²) in [5.41, 5.74) is 1.62. The van der Waals surface area contributed by atoms with Crippen molar-refractivity contribution in [3.63, 3.8) is 0 Å². The third-order valence-corrected chi connectivity index (χ3v) is 5.08. The number of nitrogens with one attached hydrogen (secondary N) is 1. The maximum Gasteiger partial charge on any atom is 0.269 e. The van der Waals surface area contributed by atoms with Crippen molar-refractivity contribution in [1.82, 2.24) is 14.9 Å². The Morgan fingerprint density at radius 1 is 1.07 bits per heavy atom. The van der Waals surface area contributed by atoms with Crippen molar-refractivity contribution in [2.75, 3.05) is 24.5 Å². The van der Waals surface area contributed by atoms with Crippen molar-refractivity contribution in [3.05, 3.63) is 78.1 Å². The van der Waals surface area contributed by atoms with Crippen LogP contribution in [0, 0.1) is 23.4 Å². The highest BCUT2D eigenvalue weighted by atomic mass is 19.2. The molecule has 1 aliphatic heterocycles. The predicted octanol–water partition coefficient (Wildman–Crippen LogP) is 3.55. The molecule has 1 atom stereocenters. The van der Waals surface area contributed by atoms with Gasteiger partial charge in [-0.25, -0.2) is 18.2 Å². The summed E-state index contributed by atoms with van der Waals surface area (Å²) in [6.07, 6.45) is 3.79. The van der Waals surface area contributed by atoms with Gasteiger partial charge in [0.1, 0.15) is 11.5 Å². The molecule has 0 saturated carbocycles. The van der Waals surface area contributed by atoms with Gasteiger partial charge in [0, 0.05) is 37.1 Å². The van der Waals surface area contributed by atoms with Crippen molar-refractivity contribution in [3.8, 4) is 5.69 Å². The Morgan fingerprint density at radius 3 is 2.59 bits per heavy atom. The van der Waals surface area contributed by atoms with Crippen LogP contribution in [0.5, 0.6) is 0 Å². The number of hydrogen-bond acceptors (Lipinski definition) is 3. The summed E-state index contributed by atoms with van der Waals surface area (Å²) < 4.78 is 41.3. The lowest BCUT2D eigenvalue weighted by Gasteiger charge is -2.19. The zero-order valence-corrected chi connectivity index (χ0v) is 15.5. The van der Waals surface area contributed by atoms with Gasteiger partial charge in [0.25, 0.3) is 5.91 Å². The summed E-state index contributed by atoms with van der Waals surface area (Å²) in [5.74, 6) is -2.18. The monoisotopic (exact) mass is 400 g/mol. The minimum absolute atomic E-state index is 0.189. The molecule has 0 spiro atoms. The van der Waals surface area contributed by atoms with Crippen molar-refractivity contribution >= 4 is 11.6 Å². The van der Waals surface area contributed by atoms with Crippen molar-refractivity contribution in [2.24, 2.45) is 5.92 Å². The topological polar surface area (TPSA) is 50.2 Å². The molecule has 1 N–H and O–H groups in total. The van der Waals surface area contributed by atoms with E-state index in [0.29, 0.717) is 36.7 Å². The number of carbonyl (C=O) groups is 1. The highest BCUT2D eigenvalue weighted by Crippen LogP contribution is 2.25. The van der Waals surface area contributed by atoms with Gasteiger partial charge >= 0.3 is 0 Å². The van der Waals surface area contributed by atoms with Crippen LogP contribution in [0.25, 0.3) is 5.69 Å². The quantitative estimate of drug-likeness (QED) is 0.713. The molecule has 1 amide bonds. The van der Waals surface area contributed by atoms with Crippen LogP contribution in [0.3, 0.4) is 0 Å². The van der Waals surface area contributed by atoms with E-state index in [1.54, 1.807) is 22.8 Å². The van der Waals surface area contributed by atoms with Crippen LogP contribution in [-0.4, -0.2) is 35.1 Å². The van der Waals surface area contributed by atoms with E-state index < -0.39 is 11.6 Å². The number of rotatable bonds is 5. The number of hydrogen-bond donors (Lipinski definition) is 1. The molecule has 2 aromatic carbocycles. The van der Waals surface area contributed by atoms with E-state index >= 15 is 0 Å². The Bertz CT molecular complexity index is 1020. The lowest BCUT2D eigenvalue weighted by molar-refractivity contribution is 0.0941. The molecule has 29 heavy (non-hydrogen) atoms. The molecule has 5 nitrogen and oxygen atoms in total. The van der Waals surface area contributed by atoms with E-state index in [1.807, 2.05) is 4.90 Å². The van der Waals surface area contributed by atoms with E-state index in [9.17, 15) is 18.0 Å². The summed E-state index contributed by atoms with van der Waals surface area (Å²) in [4.78, 5) is 18.6. The average molecular weight is 400 g/mol. The summed E-state index contributed by atoms with van der Waals surface area (Å²) in [6.45, 7) is 1.80. The molecule has 1 unspecified atom stereocenters. The zero-order chi connectivity index (χ0) is 20.4. The van der Waals surface area contributed by atoms with Gasteiger partial charge in [0.05, 0.1) is 12.5 Å². The summed E-state index contributed by atoms with van der Waals surface area (Å²) >= 11 is 0. The third-order valence-electron chi connectivity index (χ3n) is 5.08. The van der Waals surface area contributed by atoms with Crippen LogP contribution in [0.2, 0.25) is 0 Å². The molecule has 1 aliphatic rings. The van der Waals surface area contributed by atoms with Crippen LogP contribution in [-0.2, 0) is 0 Å². The molecule has 1 fully saturated rings.